The van der Waals surface area contributed by atoms with Crippen molar-refractivity contribution in [2.45, 2.75) is 37.3 Å². The number of carbonyl (C=O) groups excluding carboxylic acids is 1. The fourth-order valence-corrected chi connectivity index (χ4v) is 3.73. The van der Waals surface area contributed by atoms with Gasteiger partial charge in [-0.25, -0.2) is 13.1 Å². The van der Waals surface area contributed by atoms with E-state index in [2.05, 4.69) is 4.72 Å². The lowest BCUT2D eigenvalue weighted by Gasteiger charge is -2.19. The number of nitro benzene ring substituents is 1. The summed E-state index contributed by atoms with van der Waals surface area (Å²) in [4.78, 5) is 22.8. The summed E-state index contributed by atoms with van der Waals surface area (Å²) in [6, 6.07) is 12.1. The molecule has 0 aliphatic carbocycles. The molecule has 1 atom stereocenters. The van der Waals surface area contributed by atoms with Gasteiger partial charge in [-0.1, -0.05) is 36.4 Å². The van der Waals surface area contributed by atoms with E-state index in [9.17, 15) is 23.3 Å². The standard InChI is InChI=1S/C18H20N2O6S/c1-13(2)26-18(21)12-16(15-10-6-7-11-17(15)20(22)23)19-27(24,25)14-8-4-3-5-9-14/h3-11,13,16,19H,12H2,1-2H3/t16-/m1/s1. The fourth-order valence-electron chi connectivity index (χ4n) is 2.50. The zero-order valence-electron chi connectivity index (χ0n) is 14.9. The van der Waals surface area contributed by atoms with E-state index in [1.165, 1.54) is 30.3 Å². The van der Waals surface area contributed by atoms with Crippen LogP contribution >= 0.6 is 0 Å². The highest BCUT2D eigenvalue weighted by atomic mass is 32.2. The maximum Gasteiger partial charge on any atom is 0.308 e. The number of esters is 1. The van der Waals surface area contributed by atoms with E-state index in [1.807, 2.05) is 0 Å². The minimum absolute atomic E-state index is 0.00851. The fraction of sp³-hybridized carbons (Fsp3) is 0.278. The van der Waals surface area contributed by atoms with Crippen molar-refractivity contribution in [1.82, 2.24) is 4.72 Å². The van der Waals surface area contributed by atoms with E-state index < -0.39 is 33.1 Å². The van der Waals surface area contributed by atoms with E-state index >= 15 is 0 Å². The van der Waals surface area contributed by atoms with Gasteiger partial charge in [0.05, 0.1) is 28.4 Å². The van der Waals surface area contributed by atoms with Gasteiger partial charge in [0.25, 0.3) is 5.69 Å². The van der Waals surface area contributed by atoms with Crippen LogP contribution in [0.15, 0.2) is 59.5 Å². The van der Waals surface area contributed by atoms with Crippen molar-refractivity contribution in [2.75, 3.05) is 0 Å². The SMILES string of the molecule is CC(C)OC(=O)C[C@@H](NS(=O)(=O)c1ccccc1)c1ccccc1[N+](=O)[O-]. The average Bonchev–Trinajstić information content (AvgIpc) is 2.61. The van der Waals surface area contributed by atoms with Crippen LogP contribution in [0.25, 0.3) is 0 Å². The molecule has 0 unspecified atom stereocenters. The first-order chi connectivity index (χ1) is 12.7. The van der Waals surface area contributed by atoms with Crippen LogP contribution < -0.4 is 4.72 Å². The zero-order chi connectivity index (χ0) is 20.0. The van der Waals surface area contributed by atoms with Crippen LogP contribution in [0.1, 0.15) is 31.9 Å². The highest BCUT2D eigenvalue weighted by Gasteiger charge is 2.29. The summed E-state index contributed by atoms with van der Waals surface area (Å²) in [6.07, 6.45) is -0.774. The molecule has 0 aliphatic rings. The van der Waals surface area contributed by atoms with Crippen molar-refractivity contribution in [3.8, 4) is 0 Å². The number of para-hydroxylation sites is 1. The van der Waals surface area contributed by atoms with Crippen LogP contribution in [-0.4, -0.2) is 25.4 Å². The van der Waals surface area contributed by atoms with Crippen LogP contribution in [-0.2, 0) is 19.6 Å². The minimum Gasteiger partial charge on any atom is -0.463 e. The summed E-state index contributed by atoms with van der Waals surface area (Å²) in [5, 5.41) is 11.3. The predicted molar refractivity (Wildman–Crippen MR) is 98.4 cm³/mol. The number of rotatable bonds is 8. The molecule has 2 aromatic carbocycles. The van der Waals surface area contributed by atoms with Gasteiger partial charge < -0.3 is 4.74 Å². The van der Waals surface area contributed by atoms with Gasteiger partial charge in [0, 0.05) is 11.6 Å². The second kappa shape index (κ2) is 8.74. The van der Waals surface area contributed by atoms with Gasteiger partial charge >= 0.3 is 5.97 Å². The molecular formula is C18H20N2O6S. The average molecular weight is 392 g/mol. The predicted octanol–water partition coefficient (Wildman–Crippen LogP) is 2.96. The number of ether oxygens (including phenoxy) is 1. The third kappa shape index (κ3) is 5.60. The van der Waals surface area contributed by atoms with Crippen molar-refractivity contribution in [3.05, 3.63) is 70.3 Å². The molecule has 0 heterocycles. The number of hydrogen-bond donors (Lipinski definition) is 1. The van der Waals surface area contributed by atoms with Crippen LogP contribution in [0.3, 0.4) is 0 Å². The summed E-state index contributed by atoms with van der Waals surface area (Å²) >= 11 is 0. The number of benzene rings is 2. The molecule has 0 aliphatic heterocycles. The normalized spacial score (nSPS) is 12.6. The smallest absolute Gasteiger partial charge is 0.308 e. The maximum atomic E-state index is 12.7. The Morgan fingerprint density at radius 3 is 2.30 bits per heavy atom. The summed E-state index contributed by atoms with van der Waals surface area (Å²) in [7, 11) is -4.00. The van der Waals surface area contributed by atoms with Gasteiger partial charge in [-0.15, -0.1) is 0 Å². The topological polar surface area (TPSA) is 116 Å². The molecule has 1 N–H and O–H groups in total. The molecule has 0 fully saturated rings. The van der Waals surface area contributed by atoms with Crippen LogP contribution in [0.4, 0.5) is 5.69 Å². The first-order valence-corrected chi connectivity index (χ1v) is 9.69. The number of sulfonamides is 1. The second-order valence-electron chi connectivity index (χ2n) is 6.05. The highest BCUT2D eigenvalue weighted by molar-refractivity contribution is 7.89. The van der Waals surface area contributed by atoms with Crippen molar-refractivity contribution < 1.29 is 22.9 Å². The van der Waals surface area contributed by atoms with Crippen molar-refractivity contribution in [1.29, 1.82) is 0 Å². The third-order valence-corrected chi connectivity index (χ3v) is 5.09. The first-order valence-electron chi connectivity index (χ1n) is 8.21. The van der Waals surface area contributed by atoms with Crippen LogP contribution in [0.2, 0.25) is 0 Å². The van der Waals surface area contributed by atoms with Crippen LogP contribution in [0, 0.1) is 10.1 Å². The van der Waals surface area contributed by atoms with Gasteiger partial charge in [-0.2, -0.15) is 0 Å². The van der Waals surface area contributed by atoms with Gasteiger partial charge in [0.15, 0.2) is 0 Å². The molecule has 0 aromatic heterocycles. The Kier molecular flexibility index (Phi) is 6.65. The minimum atomic E-state index is -4.00. The molecule has 2 aromatic rings. The molecule has 0 radical (unpaired) electrons. The number of hydrogen-bond acceptors (Lipinski definition) is 6. The van der Waals surface area contributed by atoms with Crippen molar-refractivity contribution >= 4 is 21.7 Å². The highest BCUT2D eigenvalue weighted by Crippen LogP contribution is 2.29. The largest absolute Gasteiger partial charge is 0.463 e. The maximum absolute atomic E-state index is 12.7. The molecular weight excluding hydrogens is 372 g/mol. The molecule has 9 heteroatoms. The Bertz CT molecular complexity index is 912. The molecule has 0 bridgehead atoms. The number of nitrogens with zero attached hydrogens (tertiary/aromatic N) is 1. The summed E-state index contributed by atoms with van der Waals surface area (Å²) in [5.41, 5.74) is -0.196. The Hall–Kier alpha value is -2.78. The lowest BCUT2D eigenvalue weighted by molar-refractivity contribution is -0.385. The molecule has 0 spiro atoms. The second-order valence-corrected chi connectivity index (χ2v) is 7.76. The molecule has 0 amide bonds. The molecule has 8 nitrogen and oxygen atoms in total. The summed E-state index contributed by atoms with van der Waals surface area (Å²) < 4.78 is 32.8. The van der Waals surface area contributed by atoms with Gasteiger partial charge in [0.1, 0.15) is 0 Å². The number of nitro groups is 1. The van der Waals surface area contributed by atoms with E-state index in [-0.39, 0.29) is 22.6 Å². The zero-order valence-corrected chi connectivity index (χ0v) is 15.7. The van der Waals surface area contributed by atoms with E-state index in [1.54, 1.807) is 38.1 Å². The van der Waals surface area contributed by atoms with Crippen molar-refractivity contribution in [3.63, 3.8) is 0 Å². The summed E-state index contributed by atoms with van der Waals surface area (Å²) in [6.45, 7) is 3.32. The third-order valence-electron chi connectivity index (χ3n) is 3.60. The monoisotopic (exact) mass is 392 g/mol. The Morgan fingerprint density at radius 1 is 1.11 bits per heavy atom. The Morgan fingerprint density at radius 2 is 1.70 bits per heavy atom. The van der Waals surface area contributed by atoms with E-state index in [4.69, 9.17) is 4.74 Å². The van der Waals surface area contributed by atoms with Gasteiger partial charge in [0.2, 0.25) is 10.0 Å². The number of nitrogens with one attached hydrogen (secondary N) is 1. The molecule has 2 rings (SSSR count). The molecule has 27 heavy (non-hydrogen) atoms. The lowest BCUT2D eigenvalue weighted by atomic mass is 10.0. The molecule has 0 saturated carbocycles. The van der Waals surface area contributed by atoms with E-state index in [0.29, 0.717) is 0 Å². The Labute approximate surface area is 157 Å². The van der Waals surface area contributed by atoms with Crippen LogP contribution in [0.5, 0.6) is 0 Å². The number of carbonyl (C=O) groups is 1. The van der Waals surface area contributed by atoms with Gasteiger partial charge in [-0.3, -0.25) is 14.9 Å². The molecule has 0 saturated heterocycles. The first kappa shape index (κ1) is 20.5. The van der Waals surface area contributed by atoms with E-state index in [0.717, 1.165) is 0 Å². The lowest BCUT2D eigenvalue weighted by Crippen LogP contribution is -2.31. The Balaban J connectivity index is 2.42. The molecule has 144 valence electrons. The summed E-state index contributed by atoms with van der Waals surface area (Å²) in [5.74, 6) is -0.663. The van der Waals surface area contributed by atoms with Gasteiger partial charge in [-0.05, 0) is 26.0 Å². The quantitative estimate of drug-likeness (QED) is 0.419. The van der Waals surface area contributed by atoms with Crippen molar-refractivity contribution in [2.24, 2.45) is 0 Å².